The average Bonchev–Trinajstić information content (AvgIpc) is 2.68. The molecule has 1 fully saturated rings. The Labute approximate surface area is 165 Å². The van der Waals surface area contributed by atoms with Crippen molar-refractivity contribution < 1.29 is 9.59 Å². The minimum Gasteiger partial charge on any atom is -0.353 e. The van der Waals surface area contributed by atoms with Crippen molar-refractivity contribution in [3.8, 4) is 0 Å². The van der Waals surface area contributed by atoms with E-state index in [2.05, 4.69) is 41.0 Å². The molecule has 1 aliphatic heterocycles. The molecule has 28 heavy (non-hydrogen) atoms. The zero-order valence-corrected chi connectivity index (χ0v) is 16.9. The third-order valence-corrected chi connectivity index (χ3v) is 4.94. The van der Waals surface area contributed by atoms with Crippen LogP contribution < -0.4 is 10.2 Å². The first-order valence-corrected chi connectivity index (χ1v) is 9.48. The molecule has 148 valence electrons. The second-order valence-electron chi connectivity index (χ2n) is 8.04. The molecule has 7 nitrogen and oxygen atoms in total. The van der Waals surface area contributed by atoms with Gasteiger partial charge in [-0.3, -0.25) is 9.59 Å². The van der Waals surface area contributed by atoms with E-state index < -0.39 is 0 Å². The van der Waals surface area contributed by atoms with Gasteiger partial charge in [0.25, 0.3) is 5.91 Å². The third-order valence-electron chi connectivity index (χ3n) is 4.94. The van der Waals surface area contributed by atoms with Gasteiger partial charge in [-0.1, -0.05) is 32.9 Å². The molecule has 7 heteroatoms. The van der Waals surface area contributed by atoms with E-state index >= 15 is 0 Å². The van der Waals surface area contributed by atoms with Gasteiger partial charge in [-0.15, -0.1) is 0 Å². The highest BCUT2D eigenvalue weighted by molar-refractivity contribution is 6.03. The fraction of sp³-hybridized carbons (Fsp3) is 0.429. The van der Waals surface area contributed by atoms with Crippen LogP contribution in [0.1, 0.15) is 43.7 Å². The van der Waals surface area contributed by atoms with Crippen LogP contribution in [0.15, 0.2) is 36.7 Å². The molecule has 2 aromatic rings. The van der Waals surface area contributed by atoms with E-state index in [0.717, 1.165) is 5.69 Å². The summed E-state index contributed by atoms with van der Waals surface area (Å²) in [6.45, 7) is 10.7. The van der Waals surface area contributed by atoms with Crippen LogP contribution >= 0.6 is 0 Å². The highest BCUT2D eigenvalue weighted by Crippen LogP contribution is 2.23. The Morgan fingerprint density at radius 2 is 1.64 bits per heavy atom. The van der Waals surface area contributed by atoms with Crippen LogP contribution in [0.4, 0.5) is 11.5 Å². The summed E-state index contributed by atoms with van der Waals surface area (Å²) >= 11 is 0. The van der Waals surface area contributed by atoms with Crippen molar-refractivity contribution in [3.05, 3.63) is 47.9 Å². The van der Waals surface area contributed by atoms with E-state index in [-0.39, 0.29) is 17.2 Å². The maximum atomic E-state index is 12.6. The number of hydrogen-bond acceptors (Lipinski definition) is 5. The summed E-state index contributed by atoms with van der Waals surface area (Å²) in [7, 11) is 0. The van der Waals surface area contributed by atoms with Gasteiger partial charge in [0, 0.05) is 44.9 Å². The Balaban J connectivity index is 1.66. The first kappa shape index (κ1) is 19.8. The van der Waals surface area contributed by atoms with Crippen molar-refractivity contribution in [2.75, 3.05) is 36.4 Å². The standard InChI is InChI=1S/C21H27N5O2/c1-15(27)25-9-11-26(12-10-25)19-13-18(22-14-23-19)20(28)24-17-7-5-16(6-8-17)21(2,3)4/h5-8,13-14H,9-12H2,1-4H3,(H,24,28). The van der Waals surface area contributed by atoms with Crippen LogP contribution in [0.2, 0.25) is 0 Å². The second-order valence-corrected chi connectivity index (χ2v) is 8.04. The van der Waals surface area contributed by atoms with E-state index in [0.29, 0.717) is 37.7 Å². The van der Waals surface area contributed by atoms with Crippen molar-refractivity contribution in [1.29, 1.82) is 0 Å². The largest absolute Gasteiger partial charge is 0.353 e. The smallest absolute Gasteiger partial charge is 0.274 e. The van der Waals surface area contributed by atoms with E-state index in [1.165, 1.54) is 11.9 Å². The van der Waals surface area contributed by atoms with Crippen molar-refractivity contribution in [1.82, 2.24) is 14.9 Å². The minimum atomic E-state index is -0.269. The normalized spacial score (nSPS) is 14.7. The fourth-order valence-corrected chi connectivity index (χ4v) is 3.14. The molecule has 0 saturated carbocycles. The van der Waals surface area contributed by atoms with Gasteiger partial charge in [0.1, 0.15) is 17.8 Å². The van der Waals surface area contributed by atoms with Gasteiger partial charge in [0.2, 0.25) is 5.91 Å². The summed E-state index contributed by atoms with van der Waals surface area (Å²) < 4.78 is 0. The fourth-order valence-electron chi connectivity index (χ4n) is 3.14. The van der Waals surface area contributed by atoms with Crippen molar-refractivity contribution in [3.63, 3.8) is 0 Å². The predicted molar refractivity (Wildman–Crippen MR) is 110 cm³/mol. The minimum absolute atomic E-state index is 0.0660. The van der Waals surface area contributed by atoms with E-state index in [4.69, 9.17) is 0 Å². The Hall–Kier alpha value is -2.96. The number of piperazine rings is 1. The summed E-state index contributed by atoms with van der Waals surface area (Å²) in [5, 5.41) is 2.89. The molecule has 1 saturated heterocycles. The number of aromatic nitrogens is 2. The van der Waals surface area contributed by atoms with Crippen molar-refractivity contribution in [2.24, 2.45) is 0 Å². The van der Waals surface area contributed by atoms with Gasteiger partial charge >= 0.3 is 0 Å². The second kappa shape index (κ2) is 7.96. The van der Waals surface area contributed by atoms with Gasteiger partial charge in [0.15, 0.2) is 0 Å². The molecule has 1 aromatic carbocycles. The number of nitrogens with one attached hydrogen (secondary N) is 1. The molecule has 2 amide bonds. The molecular formula is C21H27N5O2. The zero-order chi connectivity index (χ0) is 20.3. The molecule has 0 atom stereocenters. The number of rotatable bonds is 3. The first-order valence-electron chi connectivity index (χ1n) is 9.48. The number of anilines is 2. The lowest BCUT2D eigenvalue weighted by atomic mass is 9.87. The number of carbonyl (C=O) groups is 2. The van der Waals surface area contributed by atoms with Crippen molar-refractivity contribution in [2.45, 2.75) is 33.1 Å². The van der Waals surface area contributed by atoms with Crippen LogP contribution in [0.5, 0.6) is 0 Å². The maximum absolute atomic E-state index is 12.6. The van der Waals surface area contributed by atoms with Gasteiger partial charge < -0.3 is 15.1 Å². The molecule has 3 rings (SSSR count). The van der Waals surface area contributed by atoms with Crippen LogP contribution in [-0.4, -0.2) is 52.9 Å². The molecule has 0 radical (unpaired) electrons. The van der Waals surface area contributed by atoms with Gasteiger partial charge in [-0.25, -0.2) is 9.97 Å². The molecule has 2 heterocycles. The van der Waals surface area contributed by atoms with Gasteiger partial charge in [-0.2, -0.15) is 0 Å². The van der Waals surface area contributed by atoms with Gasteiger partial charge in [-0.05, 0) is 23.1 Å². The Bertz CT molecular complexity index is 850. The quantitative estimate of drug-likeness (QED) is 0.884. The Morgan fingerprint density at radius 3 is 2.21 bits per heavy atom. The van der Waals surface area contributed by atoms with Crippen molar-refractivity contribution >= 4 is 23.3 Å². The monoisotopic (exact) mass is 381 g/mol. The SMILES string of the molecule is CC(=O)N1CCN(c2cc(C(=O)Nc3ccc(C(C)(C)C)cc3)ncn2)CC1. The zero-order valence-electron chi connectivity index (χ0n) is 16.9. The Morgan fingerprint density at radius 1 is 1.00 bits per heavy atom. The molecule has 1 N–H and O–H groups in total. The molecule has 1 aliphatic rings. The number of amides is 2. The highest BCUT2D eigenvalue weighted by atomic mass is 16.2. The molecule has 0 bridgehead atoms. The lowest BCUT2D eigenvalue weighted by Crippen LogP contribution is -2.48. The first-order chi connectivity index (χ1) is 13.2. The molecule has 1 aromatic heterocycles. The number of hydrogen-bond donors (Lipinski definition) is 1. The van der Waals surface area contributed by atoms with Crippen LogP contribution in [0.25, 0.3) is 0 Å². The molecular weight excluding hydrogens is 354 g/mol. The van der Waals surface area contributed by atoms with Crippen LogP contribution in [-0.2, 0) is 10.2 Å². The van der Waals surface area contributed by atoms with E-state index in [1.807, 2.05) is 29.2 Å². The average molecular weight is 381 g/mol. The summed E-state index contributed by atoms with van der Waals surface area (Å²) in [4.78, 5) is 36.3. The summed E-state index contributed by atoms with van der Waals surface area (Å²) in [5.41, 5.74) is 2.32. The summed E-state index contributed by atoms with van der Waals surface area (Å²) in [6, 6.07) is 9.55. The molecule has 0 unspecified atom stereocenters. The van der Waals surface area contributed by atoms with Crippen LogP contribution in [0.3, 0.4) is 0 Å². The Kier molecular flexibility index (Phi) is 5.63. The van der Waals surface area contributed by atoms with Gasteiger partial charge in [0.05, 0.1) is 0 Å². The number of nitrogens with zero attached hydrogens (tertiary/aromatic N) is 4. The topological polar surface area (TPSA) is 78.4 Å². The van der Waals surface area contributed by atoms with E-state index in [1.54, 1.807) is 13.0 Å². The predicted octanol–water partition coefficient (Wildman–Crippen LogP) is 2.69. The summed E-state index contributed by atoms with van der Waals surface area (Å²) in [6.07, 6.45) is 1.41. The van der Waals surface area contributed by atoms with Crippen LogP contribution in [0, 0.1) is 0 Å². The van der Waals surface area contributed by atoms with E-state index in [9.17, 15) is 9.59 Å². The maximum Gasteiger partial charge on any atom is 0.274 e. The summed E-state index contributed by atoms with van der Waals surface area (Å²) in [5.74, 6) is 0.515. The lowest BCUT2D eigenvalue weighted by Gasteiger charge is -2.34. The molecule has 0 aliphatic carbocycles. The molecule has 0 spiro atoms. The number of benzene rings is 1. The number of carbonyl (C=O) groups excluding carboxylic acids is 2. The third kappa shape index (κ3) is 4.65. The lowest BCUT2D eigenvalue weighted by molar-refractivity contribution is -0.129. The highest BCUT2D eigenvalue weighted by Gasteiger charge is 2.21.